The molecule has 0 unspecified atom stereocenters. The summed E-state index contributed by atoms with van der Waals surface area (Å²) in [5.74, 6) is 0.152. The number of carbonyl (C=O) groups excluding carboxylic acids is 1. The van der Waals surface area contributed by atoms with Gasteiger partial charge in [-0.3, -0.25) is 4.79 Å². The zero-order valence-corrected chi connectivity index (χ0v) is 8.05. The normalized spacial score (nSPS) is 40.2. The second kappa shape index (κ2) is 2.25. The van der Waals surface area contributed by atoms with Crippen LogP contribution in [-0.2, 0) is 4.79 Å². The van der Waals surface area contributed by atoms with Crippen molar-refractivity contribution in [2.24, 2.45) is 10.8 Å². The molecule has 0 radical (unpaired) electrons. The number of hydrogen-bond acceptors (Lipinski definition) is 2. The van der Waals surface area contributed by atoms with E-state index in [1.807, 2.05) is 13.8 Å². The molecular formula is C10H14N2O. The standard InChI is InChI=1S/C10H14N2O/c1-7(2)12-8(13)10-3-9(4-10,5-10)6-11/h7H,3-5H2,1-2H3,(H,12,13). The van der Waals surface area contributed by atoms with Gasteiger partial charge in [0.2, 0.25) is 5.91 Å². The van der Waals surface area contributed by atoms with Gasteiger partial charge in [-0.15, -0.1) is 0 Å². The minimum atomic E-state index is -0.153. The molecule has 3 rings (SSSR count). The molecule has 3 aliphatic carbocycles. The van der Waals surface area contributed by atoms with E-state index >= 15 is 0 Å². The van der Waals surface area contributed by atoms with Gasteiger partial charge in [-0.1, -0.05) is 0 Å². The summed E-state index contributed by atoms with van der Waals surface area (Å²) < 4.78 is 0. The molecule has 0 saturated heterocycles. The maximum absolute atomic E-state index is 11.6. The highest BCUT2D eigenvalue weighted by atomic mass is 16.2. The molecule has 0 aromatic heterocycles. The molecule has 13 heavy (non-hydrogen) atoms. The van der Waals surface area contributed by atoms with E-state index in [1.54, 1.807) is 0 Å². The Morgan fingerprint density at radius 3 is 2.38 bits per heavy atom. The van der Waals surface area contributed by atoms with Crippen LogP contribution in [0, 0.1) is 22.2 Å². The van der Waals surface area contributed by atoms with Gasteiger partial charge in [0, 0.05) is 6.04 Å². The first-order valence-corrected chi connectivity index (χ1v) is 4.74. The first-order valence-electron chi connectivity index (χ1n) is 4.74. The molecule has 3 aliphatic rings. The summed E-state index contributed by atoms with van der Waals surface area (Å²) >= 11 is 0. The summed E-state index contributed by atoms with van der Waals surface area (Å²) in [4.78, 5) is 11.6. The fourth-order valence-electron chi connectivity index (χ4n) is 2.56. The Morgan fingerprint density at radius 2 is 2.00 bits per heavy atom. The van der Waals surface area contributed by atoms with Crippen molar-refractivity contribution in [3.8, 4) is 6.07 Å². The lowest BCUT2D eigenvalue weighted by Crippen LogP contribution is -2.67. The van der Waals surface area contributed by atoms with Gasteiger partial charge in [-0.25, -0.2) is 0 Å². The fourth-order valence-corrected chi connectivity index (χ4v) is 2.56. The van der Waals surface area contributed by atoms with Crippen LogP contribution < -0.4 is 5.32 Å². The lowest BCUT2D eigenvalue weighted by Gasteiger charge is -2.65. The van der Waals surface area contributed by atoms with E-state index < -0.39 is 0 Å². The van der Waals surface area contributed by atoms with Crippen LogP contribution >= 0.6 is 0 Å². The SMILES string of the molecule is CC(C)NC(=O)C12CC(C#N)(C1)C2. The molecule has 0 aromatic carbocycles. The Bertz CT molecular complexity index is 281. The van der Waals surface area contributed by atoms with Crippen LogP contribution in [0.1, 0.15) is 33.1 Å². The average Bonchev–Trinajstić information content (AvgIpc) is 1.79. The van der Waals surface area contributed by atoms with Gasteiger partial charge >= 0.3 is 0 Å². The molecule has 0 atom stereocenters. The summed E-state index contributed by atoms with van der Waals surface area (Å²) in [5.41, 5.74) is -0.270. The Kier molecular flexibility index (Phi) is 1.48. The smallest absolute Gasteiger partial charge is 0.226 e. The minimum Gasteiger partial charge on any atom is -0.353 e. The Hall–Kier alpha value is -1.04. The van der Waals surface area contributed by atoms with Gasteiger partial charge < -0.3 is 5.32 Å². The molecule has 3 fully saturated rings. The minimum absolute atomic E-state index is 0.117. The molecule has 3 saturated carbocycles. The van der Waals surface area contributed by atoms with Crippen molar-refractivity contribution < 1.29 is 4.79 Å². The molecule has 2 bridgehead atoms. The molecule has 70 valence electrons. The van der Waals surface area contributed by atoms with E-state index in [0.717, 1.165) is 19.3 Å². The highest BCUT2D eigenvalue weighted by molar-refractivity contribution is 5.87. The van der Waals surface area contributed by atoms with E-state index in [1.165, 1.54) is 0 Å². The molecule has 1 amide bonds. The van der Waals surface area contributed by atoms with E-state index in [-0.39, 0.29) is 22.8 Å². The molecule has 0 aliphatic heterocycles. The predicted molar refractivity (Wildman–Crippen MR) is 47.6 cm³/mol. The zero-order chi connectivity index (χ0) is 9.69. The quantitative estimate of drug-likeness (QED) is 0.690. The van der Waals surface area contributed by atoms with Crippen LogP contribution in [0.5, 0.6) is 0 Å². The van der Waals surface area contributed by atoms with Crippen molar-refractivity contribution in [2.75, 3.05) is 0 Å². The summed E-state index contributed by atoms with van der Waals surface area (Å²) in [7, 11) is 0. The van der Waals surface area contributed by atoms with E-state index in [2.05, 4.69) is 11.4 Å². The van der Waals surface area contributed by atoms with Crippen molar-refractivity contribution in [1.82, 2.24) is 5.32 Å². The number of nitrogens with zero attached hydrogens (tertiary/aromatic N) is 1. The Morgan fingerprint density at radius 1 is 1.46 bits per heavy atom. The maximum Gasteiger partial charge on any atom is 0.226 e. The molecule has 3 nitrogen and oxygen atoms in total. The number of nitrogens with one attached hydrogen (secondary N) is 1. The largest absolute Gasteiger partial charge is 0.353 e. The summed E-state index contributed by atoms with van der Waals surface area (Å²) in [6, 6.07) is 2.50. The summed E-state index contributed by atoms with van der Waals surface area (Å²) in [5, 5.41) is 11.7. The molecule has 0 spiro atoms. The predicted octanol–water partition coefficient (Wildman–Crippen LogP) is 1.20. The number of hydrogen-bond donors (Lipinski definition) is 1. The molecule has 0 aromatic rings. The van der Waals surface area contributed by atoms with Crippen LogP contribution in [-0.4, -0.2) is 11.9 Å². The van der Waals surface area contributed by atoms with Gasteiger partial charge in [-0.05, 0) is 33.1 Å². The van der Waals surface area contributed by atoms with Gasteiger partial charge in [0.1, 0.15) is 0 Å². The summed E-state index contributed by atoms with van der Waals surface area (Å²) in [6.45, 7) is 3.92. The van der Waals surface area contributed by atoms with E-state index in [0.29, 0.717) is 0 Å². The van der Waals surface area contributed by atoms with Gasteiger partial charge in [0.15, 0.2) is 0 Å². The van der Waals surface area contributed by atoms with Gasteiger partial charge in [-0.2, -0.15) is 5.26 Å². The van der Waals surface area contributed by atoms with Crippen molar-refractivity contribution in [3.05, 3.63) is 0 Å². The third-order valence-electron chi connectivity index (χ3n) is 3.17. The van der Waals surface area contributed by atoms with Gasteiger partial charge in [0.05, 0.1) is 16.9 Å². The van der Waals surface area contributed by atoms with Crippen LogP contribution in [0.4, 0.5) is 0 Å². The molecule has 3 heteroatoms. The van der Waals surface area contributed by atoms with Crippen LogP contribution in [0.15, 0.2) is 0 Å². The van der Waals surface area contributed by atoms with Crippen molar-refractivity contribution >= 4 is 5.91 Å². The maximum atomic E-state index is 11.6. The van der Waals surface area contributed by atoms with E-state index in [4.69, 9.17) is 5.26 Å². The van der Waals surface area contributed by atoms with Crippen molar-refractivity contribution in [2.45, 2.75) is 39.2 Å². The van der Waals surface area contributed by atoms with Crippen molar-refractivity contribution in [1.29, 1.82) is 5.26 Å². The number of carbonyl (C=O) groups is 1. The highest BCUT2D eigenvalue weighted by Crippen LogP contribution is 2.73. The fraction of sp³-hybridized carbons (Fsp3) is 0.800. The second-order valence-electron chi connectivity index (χ2n) is 4.83. The zero-order valence-electron chi connectivity index (χ0n) is 8.05. The first-order chi connectivity index (χ1) is 6.02. The summed E-state index contributed by atoms with van der Waals surface area (Å²) in [6.07, 6.45) is 2.36. The molecular weight excluding hydrogens is 164 g/mol. The molecule has 1 N–H and O–H groups in total. The average molecular weight is 178 g/mol. The number of nitriles is 1. The highest BCUT2D eigenvalue weighted by Gasteiger charge is 2.72. The lowest BCUT2D eigenvalue weighted by atomic mass is 9.35. The van der Waals surface area contributed by atoms with E-state index in [9.17, 15) is 4.79 Å². The third kappa shape index (κ3) is 0.980. The van der Waals surface area contributed by atoms with Crippen LogP contribution in [0.2, 0.25) is 0 Å². The monoisotopic (exact) mass is 178 g/mol. The lowest BCUT2D eigenvalue weighted by molar-refractivity contribution is -0.185. The van der Waals surface area contributed by atoms with Crippen LogP contribution in [0.25, 0.3) is 0 Å². The first kappa shape index (κ1) is 8.55. The number of rotatable bonds is 2. The molecule has 0 heterocycles. The third-order valence-corrected chi connectivity index (χ3v) is 3.17. The number of amides is 1. The van der Waals surface area contributed by atoms with Gasteiger partial charge in [0.25, 0.3) is 0 Å². The topological polar surface area (TPSA) is 52.9 Å². The second-order valence-corrected chi connectivity index (χ2v) is 4.83. The van der Waals surface area contributed by atoms with Crippen molar-refractivity contribution in [3.63, 3.8) is 0 Å². The Labute approximate surface area is 78.1 Å². The Balaban J connectivity index is 1.94. The van der Waals surface area contributed by atoms with Crippen LogP contribution in [0.3, 0.4) is 0 Å².